The fourth-order valence-electron chi connectivity index (χ4n) is 2.68. The maximum absolute atomic E-state index is 12.2. The minimum Gasteiger partial charge on any atom is -0.465 e. The van der Waals surface area contributed by atoms with E-state index in [2.05, 4.69) is 10.6 Å². The van der Waals surface area contributed by atoms with Crippen LogP contribution >= 0.6 is 0 Å². The van der Waals surface area contributed by atoms with Gasteiger partial charge in [-0.15, -0.1) is 0 Å². The van der Waals surface area contributed by atoms with Crippen LogP contribution in [0.2, 0.25) is 0 Å². The third kappa shape index (κ3) is 7.85. The molecule has 1 amide bonds. The van der Waals surface area contributed by atoms with E-state index < -0.39 is 23.8 Å². The van der Waals surface area contributed by atoms with Gasteiger partial charge in [-0.2, -0.15) is 0 Å². The number of alkyl carbamates (subject to hydrolysis) is 1. The number of benzene rings is 1. The summed E-state index contributed by atoms with van der Waals surface area (Å²) >= 11 is 0. The number of furan rings is 1. The molecule has 0 spiro atoms. The highest BCUT2D eigenvalue weighted by Gasteiger charge is 2.24. The Hall–Kier alpha value is -2.31. The number of amides is 1. The highest BCUT2D eigenvalue weighted by Crippen LogP contribution is 2.11. The Morgan fingerprint density at radius 2 is 1.89 bits per heavy atom. The van der Waals surface area contributed by atoms with E-state index in [0.717, 1.165) is 17.1 Å². The summed E-state index contributed by atoms with van der Waals surface area (Å²) < 4.78 is 10.8. The van der Waals surface area contributed by atoms with Gasteiger partial charge < -0.3 is 24.9 Å². The lowest BCUT2D eigenvalue weighted by molar-refractivity contribution is 0.0421. The van der Waals surface area contributed by atoms with Crippen molar-refractivity contribution in [1.82, 2.24) is 10.6 Å². The normalized spacial score (nSPS) is 13.8. The molecule has 3 N–H and O–H groups in total. The molecule has 0 aliphatic heterocycles. The molecular weight excluding hydrogens is 344 g/mol. The summed E-state index contributed by atoms with van der Waals surface area (Å²) in [7, 11) is 0. The van der Waals surface area contributed by atoms with Gasteiger partial charge in [0.25, 0.3) is 0 Å². The van der Waals surface area contributed by atoms with Crippen LogP contribution in [0, 0.1) is 6.92 Å². The second-order valence-corrected chi connectivity index (χ2v) is 7.65. The summed E-state index contributed by atoms with van der Waals surface area (Å²) in [6, 6.07) is 13.1. The summed E-state index contributed by atoms with van der Waals surface area (Å²) in [6.45, 7) is 8.13. The Bertz CT molecular complexity index is 706. The Labute approximate surface area is 160 Å². The molecule has 2 aromatic rings. The van der Waals surface area contributed by atoms with E-state index in [9.17, 15) is 9.90 Å². The van der Waals surface area contributed by atoms with Gasteiger partial charge in [-0.25, -0.2) is 4.79 Å². The molecule has 1 aromatic carbocycles. The number of aryl methyl sites for hydroxylation is 1. The maximum Gasteiger partial charge on any atom is 0.407 e. The van der Waals surface area contributed by atoms with Crippen molar-refractivity contribution in [2.45, 2.75) is 58.4 Å². The summed E-state index contributed by atoms with van der Waals surface area (Å²) in [4.78, 5) is 12.2. The van der Waals surface area contributed by atoms with Gasteiger partial charge in [0, 0.05) is 6.54 Å². The van der Waals surface area contributed by atoms with Crippen LogP contribution in [-0.2, 0) is 17.7 Å². The molecule has 0 saturated heterocycles. The van der Waals surface area contributed by atoms with Gasteiger partial charge >= 0.3 is 6.09 Å². The zero-order chi connectivity index (χ0) is 19.9. The summed E-state index contributed by atoms with van der Waals surface area (Å²) in [5, 5.41) is 16.6. The maximum atomic E-state index is 12.2. The van der Waals surface area contributed by atoms with Crippen LogP contribution < -0.4 is 10.6 Å². The number of carbonyl (C=O) groups excluding carboxylic acids is 1. The number of nitrogens with one attached hydrogen (secondary N) is 2. The van der Waals surface area contributed by atoms with Gasteiger partial charge in [-0.3, -0.25) is 0 Å². The number of hydrogen-bond acceptors (Lipinski definition) is 5. The Kier molecular flexibility index (Phi) is 7.45. The van der Waals surface area contributed by atoms with Gasteiger partial charge in [-0.05, 0) is 51.8 Å². The molecule has 2 rings (SSSR count). The first-order chi connectivity index (χ1) is 12.7. The topological polar surface area (TPSA) is 83.7 Å². The predicted molar refractivity (Wildman–Crippen MR) is 104 cm³/mol. The average Bonchev–Trinajstić information content (AvgIpc) is 2.98. The highest BCUT2D eigenvalue weighted by molar-refractivity contribution is 5.68. The van der Waals surface area contributed by atoms with Crippen molar-refractivity contribution >= 4 is 6.09 Å². The molecule has 2 atom stereocenters. The number of hydrogen-bond donors (Lipinski definition) is 3. The number of aliphatic hydroxyl groups excluding tert-OH is 1. The van der Waals surface area contributed by atoms with E-state index in [4.69, 9.17) is 9.15 Å². The SMILES string of the molecule is Cc1ccc(CNC[C@@H](O)[C@H](Cc2ccccc2)NC(=O)OC(C)(C)C)o1. The minimum atomic E-state index is -0.784. The van der Waals surface area contributed by atoms with Crippen molar-refractivity contribution in [2.75, 3.05) is 6.54 Å². The highest BCUT2D eigenvalue weighted by atomic mass is 16.6. The summed E-state index contributed by atoms with van der Waals surface area (Å²) in [6.07, 6.45) is -0.819. The number of carbonyl (C=O) groups is 1. The Morgan fingerprint density at radius 3 is 2.48 bits per heavy atom. The van der Waals surface area contributed by atoms with Crippen LogP contribution in [0.15, 0.2) is 46.9 Å². The van der Waals surface area contributed by atoms with E-state index >= 15 is 0 Å². The largest absolute Gasteiger partial charge is 0.465 e. The lowest BCUT2D eigenvalue weighted by Crippen LogP contribution is -2.49. The summed E-state index contributed by atoms with van der Waals surface area (Å²) in [5.41, 5.74) is 0.432. The van der Waals surface area contributed by atoms with E-state index in [0.29, 0.717) is 19.5 Å². The van der Waals surface area contributed by atoms with Crippen LogP contribution in [0.25, 0.3) is 0 Å². The van der Waals surface area contributed by atoms with E-state index in [1.807, 2.05) is 70.2 Å². The molecule has 0 fully saturated rings. The quantitative estimate of drug-likeness (QED) is 0.661. The van der Waals surface area contributed by atoms with Crippen LogP contribution in [0.3, 0.4) is 0 Å². The van der Waals surface area contributed by atoms with Crippen LogP contribution in [0.4, 0.5) is 4.79 Å². The average molecular weight is 374 g/mol. The Morgan fingerprint density at radius 1 is 1.19 bits per heavy atom. The van der Waals surface area contributed by atoms with Crippen LogP contribution in [0.5, 0.6) is 0 Å². The number of rotatable bonds is 8. The number of aliphatic hydroxyl groups is 1. The molecule has 6 nitrogen and oxygen atoms in total. The van der Waals surface area contributed by atoms with Crippen molar-refractivity contribution in [3.63, 3.8) is 0 Å². The predicted octanol–water partition coefficient (Wildman–Crippen LogP) is 3.17. The monoisotopic (exact) mass is 374 g/mol. The number of ether oxygens (including phenoxy) is 1. The van der Waals surface area contributed by atoms with Gasteiger partial charge in [0.05, 0.1) is 18.7 Å². The van der Waals surface area contributed by atoms with E-state index in [1.54, 1.807) is 0 Å². The molecule has 27 heavy (non-hydrogen) atoms. The van der Waals surface area contributed by atoms with Crippen LogP contribution in [-0.4, -0.2) is 35.5 Å². The molecule has 0 saturated carbocycles. The van der Waals surface area contributed by atoms with Crippen molar-refractivity contribution in [1.29, 1.82) is 0 Å². The lowest BCUT2D eigenvalue weighted by atomic mass is 10.0. The lowest BCUT2D eigenvalue weighted by Gasteiger charge is -2.27. The van der Waals surface area contributed by atoms with E-state index in [1.165, 1.54) is 0 Å². The van der Waals surface area contributed by atoms with Crippen molar-refractivity contribution in [3.8, 4) is 0 Å². The van der Waals surface area contributed by atoms with Gasteiger partial charge in [0.1, 0.15) is 17.1 Å². The van der Waals surface area contributed by atoms with Crippen molar-refractivity contribution < 1.29 is 19.1 Å². The molecule has 0 unspecified atom stereocenters. The van der Waals surface area contributed by atoms with Crippen LogP contribution in [0.1, 0.15) is 37.9 Å². The third-order valence-corrected chi connectivity index (χ3v) is 3.91. The smallest absolute Gasteiger partial charge is 0.407 e. The zero-order valence-electron chi connectivity index (χ0n) is 16.5. The standard InChI is InChI=1S/C21H30N2O4/c1-15-10-11-17(26-15)13-22-14-19(24)18(12-16-8-6-5-7-9-16)23-20(25)27-21(2,3)4/h5-11,18-19,22,24H,12-14H2,1-4H3,(H,23,25)/t18-,19+/m0/s1. The summed E-state index contributed by atoms with van der Waals surface area (Å²) in [5.74, 6) is 1.65. The molecule has 148 valence electrons. The molecule has 1 aromatic heterocycles. The van der Waals surface area contributed by atoms with E-state index in [-0.39, 0.29) is 0 Å². The first-order valence-electron chi connectivity index (χ1n) is 9.20. The second kappa shape index (κ2) is 9.58. The molecule has 6 heteroatoms. The third-order valence-electron chi connectivity index (χ3n) is 3.91. The fraction of sp³-hybridized carbons (Fsp3) is 0.476. The zero-order valence-corrected chi connectivity index (χ0v) is 16.5. The van der Waals surface area contributed by atoms with Crippen molar-refractivity contribution in [3.05, 3.63) is 59.5 Å². The van der Waals surface area contributed by atoms with Gasteiger partial charge in [-0.1, -0.05) is 30.3 Å². The second-order valence-electron chi connectivity index (χ2n) is 7.65. The van der Waals surface area contributed by atoms with Gasteiger partial charge in [0.2, 0.25) is 0 Å². The molecule has 1 heterocycles. The first-order valence-corrected chi connectivity index (χ1v) is 9.20. The molecule has 0 bridgehead atoms. The molecule has 0 radical (unpaired) electrons. The first kappa shape index (κ1) is 21.0. The van der Waals surface area contributed by atoms with Crippen molar-refractivity contribution in [2.24, 2.45) is 0 Å². The molecule has 0 aliphatic rings. The van der Waals surface area contributed by atoms with Gasteiger partial charge in [0.15, 0.2) is 0 Å². The fourth-order valence-corrected chi connectivity index (χ4v) is 2.68. The molecule has 0 aliphatic carbocycles. The Balaban J connectivity index is 1.95. The minimum absolute atomic E-state index is 0.313. The molecular formula is C21H30N2O4.